The molecule has 0 aliphatic heterocycles. The van der Waals surface area contributed by atoms with E-state index in [2.05, 4.69) is 10.6 Å². The molecule has 1 fully saturated rings. The molecule has 6 nitrogen and oxygen atoms in total. The van der Waals surface area contributed by atoms with Crippen LogP contribution in [-0.2, 0) is 9.59 Å². The van der Waals surface area contributed by atoms with E-state index >= 15 is 0 Å². The molecule has 0 radical (unpaired) electrons. The lowest BCUT2D eigenvalue weighted by Crippen LogP contribution is -2.38. The molecule has 1 unspecified atom stereocenters. The smallest absolute Gasteiger partial charge is 0.325 e. The van der Waals surface area contributed by atoms with Gasteiger partial charge in [-0.05, 0) is 43.5 Å². The molecule has 1 atom stereocenters. The number of benzene rings is 1. The lowest BCUT2D eigenvalue weighted by Gasteiger charge is -2.10. The normalized spacial score (nSPS) is 15.0. The van der Waals surface area contributed by atoms with E-state index in [4.69, 9.17) is 5.11 Å². The predicted molar refractivity (Wildman–Crippen MR) is 81.6 cm³/mol. The fourth-order valence-corrected chi connectivity index (χ4v) is 2.01. The quantitative estimate of drug-likeness (QED) is 0.718. The van der Waals surface area contributed by atoms with E-state index in [9.17, 15) is 14.4 Å². The second-order valence-electron chi connectivity index (χ2n) is 5.64. The third kappa shape index (κ3) is 4.87. The molecule has 1 aromatic carbocycles. The number of anilines is 1. The Kier molecular flexibility index (Phi) is 5.14. The van der Waals surface area contributed by atoms with Crippen LogP contribution in [0.5, 0.6) is 0 Å². The number of carbonyl (C=O) groups excluding carboxylic acids is 2. The lowest BCUT2D eigenvalue weighted by molar-refractivity contribution is -0.138. The van der Waals surface area contributed by atoms with Crippen molar-refractivity contribution in [2.24, 2.45) is 5.92 Å². The van der Waals surface area contributed by atoms with Crippen LogP contribution in [0, 0.1) is 5.92 Å². The van der Waals surface area contributed by atoms with Crippen LogP contribution in [0.4, 0.5) is 5.69 Å². The summed E-state index contributed by atoms with van der Waals surface area (Å²) in [6.07, 6.45) is 3.90. The fourth-order valence-electron chi connectivity index (χ4n) is 2.01. The average Bonchev–Trinajstić information content (AvgIpc) is 3.30. The highest BCUT2D eigenvalue weighted by Gasteiger charge is 2.21. The molecule has 118 valence electrons. The van der Waals surface area contributed by atoms with Gasteiger partial charge in [-0.2, -0.15) is 0 Å². The Morgan fingerprint density at radius 1 is 1.23 bits per heavy atom. The number of carbonyl (C=O) groups is 3. The van der Waals surface area contributed by atoms with Gasteiger partial charge in [-0.25, -0.2) is 0 Å². The monoisotopic (exact) mass is 304 g/mol. The van der Waals surface area contributed by atoms with E-state index in [0.717, 1.165) is 6.42 Å². The van der Waals surface area contributed by atoms with Crippen molar-refractivity contribution in [3.05, 3.63) is 29.8 Å². The molecule has 2 rings (SSSR count). The predicted octanol–water partition coefficient (Wildman–Crippen LogP) is 2.02. The topological polar surface area (TPSA) is 95.5 Å². The van der Waals surface area contributed by atoms with Gasteiger partial charge in [0, 0.05) is 17.7 Å². The molecule has 0 aromatic heterocycles. The van der Waals surface area contributed by atoms with Crippen molar-refractivity contribution in [3.63, 3.8) is 0 Å². The van der Waals surface area contributed by atoms with Crippen LogP contribution in [-0.4, -0.2) is 28.9 Å². The molecule has 0 saturated heterocycles. The Labute approximate surface area is 128 Å². The second-order valence-corrected chi connectivity index (χ2v) is 5.64. The van der Waals surface area contributed by atoms with E-state index in [0.29, 0.717) is 23.6 Å². The zero-order chi connectivity index (χ0) is 16.1. The first-order valence-electron chi connectivity index (χ1n) is 7.39. The van der Waals surface area contributed by atoms with Crippen LogP contribution in [0.15, 0.2) is 24.3 Å². The molecule has 1 aliphatic rings. The fraction of sp³-hybridized carbons (Fsp3) is 0.438. The van der Waals surface area contributed by atoms with Crippen molar-refractivity contribution < 1.29 is 19.5 Å². The highest BCUT2D eigenvalue weighted by molar-refractivity contribution is 5.97. The Bertz CT molecular complexity index is 564. The molecule has 2 amide bonds. The minimum absolute atomic E-state index is 0.0244. The number of rotatable bonds is 7. The van der Waals surface area contributed by atoms with Gasteiger partial charge in [0.2, 0.25) is 5.91 Å². The minimum Gasteiger partial charge on any atom is -0.480 e. The summed E-state index contributed by atoms with van der Waals surface area (Å²) >= 11 is 0. The molecule has 1 aromatic rings. The first-order valence-corrected chi connectivity index (χ1v) is 7.39. The van der Waals surface area contributed by atoms with Gasteiger partial charge in [0.15, 0.2) is 0 Å². The van der Waals surface area contributed by atoms with Crippen LogP contribution in [0.25, 0.3) is 0 Å². The number of hydrogen-bond acceptors (Lipinski definition) is 3. The Balaban J connectivity index is 1.84. The molecule has 6 heteroatoms. The summed E-state index contributed by atoms with van der Waals surface area (Å²) in [5.74, 6) is -0.856. The number of hydrogen-bond donors (Lipinski definition) is 3. The average molecular weight is 304 g/mol. The van der Waals surface area contributed by atoms with E-state index < -0.39 is 17.9 Å². The van der Waals surface area contributed by atoms with Crippen LogP contribution in [0.3, 0.4) is 0 Å². The zero-order valence-corrected chi connectivity index (χ0v) is 12.5. The molecule has 0 bridgehead atoms. The van der Waals surface area contributed by atoms with Gasteiger partial charge in [-0.15, -0.1) is 0 Å². The third-order valence-corrected chi connectivity index (χ3v) is 3.63. The van der Waals surface area contributed by atoms with Crippen molar-refractivity contribution in [1.29, 1.82) is 0 Å². The summed E-state index contributed by atoms with van der Waals surface area (Å²) in [6.45, 7) is 1.40. The first kappa shape index (κ1) is 16.0. The second kappa shape index (κ2) is 7.06. The Morgan fingerprint density at radius 2 is 1.86 bits per heavy atom. The SMILES string of the molecule is CC(NC(=O)c1ccc(NC(=O)CCC2CC2)cc1)C(=O)O. The van der Waals surface area contributed by atoms with Gasteiger partial charge in [0.25, 0.3) is 5.91 Å². The van der Waals surface area contributed by atoms with Crippen molar-refractivity contribution in [3.8, 4) is 0 Å². The van der Waals surface area contributed by atoms with Gasteiger partial charge >= 0.3 is 5.97 Å². The first-order chi connectivity index (χ1) is 10.5. The largest absolute Gasteiger partial charge is 0.480 e. The summed E-state index contributed by atoms with van der Waals surface area (Å²) < 4.78 is 0. The molecule has 0 spiro atoms. The molecule has 1 saturated carbocycles. The van der Waals surface area contributed by atoms with Crippen LogP contribution in [0.2, 0.25) is 0 Å². The van der Waals surface area contributed by atoms with E-state index in [1.807, 2.05) is 0 Å². The summed E-state index contributed by atoms with van der Waals surface area (Å²) in [5, 5.41) is 13.9. The molecule has 0 heterocycles. The number of nitrogens with one attached hydrogen (secondary N) is 2. The van der Waals surface area contributed by atoms with Gasteiger partial charge < -0.3 is 15.7 Å². The van der Waals surface area contributed by atoms with Gasteiger partial charge in [-0.3, -0.25) is 14.4 Å². The highest BCUT2D eigenvalue weighted by atomic mass is 16.4. The number of aliphatic carboxylic acids is 1. The summed E-state index contributed by atoms with van der Waals surface area (Å²) in [6, 6.07) is 5.43. The van der Waals surface area contributed by atoms with Crippen LogP contribution in [0.1, 0.15) is 43.0 Å². The zero-order valence-electron chi connectivity index (χ0n) is 12.5. The summed E-state index contributed by atoms with van der Waals surface area (Å²) in [5.41, 5.74) is 0.979. The van der Waals surface area contributed by atoms with Gasteiger partial charge in [0.1, 0.15) is 6.04 Å². The van der Waals surface area contributed by atoms with Crippen LogP contribution >= 0.6 is 0 Å². The minimum atomic E-state index is -1.09. The Morgan fingerprint density at radius 3 is 2.41 bits per heavy atom. The Hall–Kier alpha value is -2.37. The maximum absolute atomic E-state index is 11.8. The molecule has 3 N–H and O–H groups in total. The maximum Gasteiger partial charge on any atom is 0.325 e. The lowest BCUT2D eigenvalue weighted by atomic mass is 10.1. The molecular formula is C16H20N2O4. The van der Waals surface area contributed by atoms with Crippen LogP contribution < -0.4 is 10.6 Å². The number of carboxylic acid groups (broad SMARTS) is 1. The van der Waals surface area contributed by atoms with Crippen molar-refractivity contribution in [1.82, 2.24) is 5.32 Å². The maximum atomic E-state index is 11.8. The summed E-state index contributed by atoms with van der Waals surface area (Å²) in [4.78, 5) is 34.2. The molecule has 1 aliphatic carbocycles. The molecule has 22 heavy (non-hydrogen) atoms. The van der Waals surface area contributed by atoms with Gasteiger partial charge in [0.05, 0.1) is 0 Å². The van der Waals surface area contributed by atoms with Crippen molar-refractivity contribution in [2.45, 2.75) is 38.6 Å². The van der Waals surface area contributed by atoms with E-state index in [-0.39, 0.29) is 5.91 Å². The standard InChI is InChI=1S/C16H20N2O4/c1-10(16(21)22)17-15(20)12-5-7-13(8-6-12)18-14(19)9-4-11-2-3-11/h5-8,10-11H,2-4,9H2,1H3,(H,17,20)(H,18,19)(H,21,22). The number of carboxylic acids is 1. The molecular weight excluding hydrogens is 284 g/mol. The van der Waals surface area contributed by atoms with Crippen molar-refractivity contribution in [2.75, 3.05) is 5.32 Å². The third-order valence-electron chi connectivity index (χ3n) is 3.63. The van der Waals surface area contributed by atoms with Crippen molar-refractivity contribution >= 4 is 23.5 Å². The van der Waals surface area contributed by atoms with E-state index in [1.54, 1.807) is 24.3 Å². The summed E-state index contributed by atoms with van der Waals surface area (Å²) in [7, 11) is 0. The number of amides is 2. The van der Waals surface area contributed by atoms with Gasteiger partial charge in [-0.1, -0.05) is 12.8 Å². The van der Waals surface area contributed by atoms with E-state index in [1.165, 1.54) is 19.8 Å². The highest BCUT2D eigenvalue weighted by Crippen LogP contribution is 2.33.